The zero-order valence-corrected chi connectivity index (χ0v) is 11.4. The van der Waals surface area contributed by atoms with Crippen LogP contribution in [0.2, 0.25) is 0 Å². The Hall–Kier alpha value is -1.36. The second-order valence-corrected chi connectivity index (χ2v) is 5.51. The van der Waals surface area contributed by atoms with Crippen molar-refractivity contribution in [3.05, 3.63) is 34.3 Å². The molecule has 0 bridgehead atoms. The van der Waals surface area contributed by atoms with E-state index in [0.29, 0.717) is 12.8 Å². The third-order valence-corrected chi connectivity index (χ3v) is 3.80. The molecule has 0 aromatic heterocycles. The third kappa shape index (κ3) is 2.72. The quantitative estimate of drug-likeness (QED) is 0.895. The normalized spacial score (nSPS) is 16.7. The topological polar surface area (TPSA) is 66.4 Å². The average molecular weight is 312 g/mol. The molecule has 1 aromatic rings. The molecule has 1 aliphatic carbocycles. The van der Waals surface area contributed by atoms with Crippen molar-refractivity contribution in [1.82, 2.24) is 5.32 Å². The molecule has 18 heavy (non-hydrogen) atoms. The summed E-state index contributed by atoms with van der Waals surface area (Å²) in [5, 5.41) is 11.8. The van der Waals surface area contributed by atoms with E-state index >= 15 is 0 Å². The van der Waals surface area contributed by atoms with Gasteiger partial charge in [0.25, 0.3) is 0 Å². The molecule has 1 fully saturated rings. The number of halogens is 1. The molecule has 0 radical (unpaired) electrons. The Morgan fingerprint density at radius 3 is 2.33 bits per heavy atom. The Bertz CT molecular complexity index is 466. The van der Waals surface area contributed by atoms with Crippen molar-refractivity contribution >= 4 is 27.8 Å². The number of hydrogen-bond donors (Lipinski definition) is 2. The number of hydrogen-bond acceptors (Lipinski definition) is 2. The number of amides is 1. The van der Waals surface area contributed by atoms with Crippen LogP contribution in [-0.4, -0.2) is 22.5 Å². The van der Waals surface area contributed by atoms with Crippen molar-refractivity contribution in [3.8, 4) is 0 Å². The molecule has 0 heterocycles. The van der Waals surface area contributed by atoms with Gasteiger partial charge in [-0.2, -0.15) is 0 Å². The maximum atomic E-state index is 11.8. The fraction of sp³-hybridized carbons (Fsp3) is 0.385. The monoisotopic (exact) mass is 311 g/mol. The largest absolute Gasteiger partial charge is 0.480 e. The van der Waals surface area contributed by atoms with Crippen molar-refractivity contribution in [2.24, 2.45) is 0 Å². The van der Waals surface area contributed by atoms with E-state index in [2.05, 4.69) is 21.2 Å². The summed E-state index contributed by atoms with van der Waals surface area (Å²) in [7, 11) is 0. The molecule has 1 aliphatic rings. The first-order valence-corrected chi connectivity index (χ1v) is 6.60. The molecular weight excluding hydrogens is 298 g/mol. The second kappa shape index (κ2) is 5.10. The number of rotatable bonds is 4. The Morgan fingerprint density at radius 1 is 1.28 bits per heavy atom. The van der Waals surface area contributed by atoms with Gasteiger partial charge in [-0.15, -0.1) is 0 Å². The van der Waals surface area contributed by atoms with Gasteiger partial charge in [0.1, 0.15) is 5.54 Å². The zero-order valence-electron chi connectivity index (χ0n) is 9.78. The molecule has 5 heteroatoms. The van der Waals surface area contributed by atoms with Crippen LogP contribution in [0.5, 0.6) is 0 Å². The molecule has 2 rings (SSSR count). The van der Waals surface area contributed by atoms with Crippen molar-refractivity contribution < 1.29 is 14.7 Å². The lowest BCUT2D eigenvalue weighted by atomic mass is 9.76. The maximum Gasteiger partial charge on any atom is 0.329 e. The van der Waals surface area contributed by atoms with Crippen LogP contribution in [0.1, 0.15) is 24.8 Å². The number of carboxylic acids is 1. The van der Waals surface area contributed by atoms with E-state index in [9.17, 15) is 9.59 Å². The third-order valence-electron chi connectivity index (χ3n) is 3.27. The van der Waals surface area contributed by atoms with Crippen molar-refractivity contribution in [1.29, 1.82) is 0 Å². The van der Waals surface area contributed by atoms with E-state index in [-0.39, 0.29) is 12.3 Å². The first-order valence-electron chi connectivity index (χ1n) is 5.81. The van der Waals surface area contributed by atoms with Crippen LogP contribution in [-0.2, 0) is 16.0 Å². The van der Waals surface area contributed by atoms with E-state index in [0.717, 1.165) is 16.5 Å². The lowest BCUT2D eigenvalue weighted by Gasteiger charge is -2.38. The van der Waals surface area contributed by atoms with Gasteiger partial charge in [0.2, 0.25) is 5.91 Å². The number of carbonyl (C=O) groups is 2. The molecule has 0 aliphatic heterocycles. The summed E-state index contributed by atoms with van der Waals surface area (Å²) in [6.45, 7) is 0. The molecule has 0 atom stereocenters. The fourth-order valence-corrected chi connectivity index (χ4v) is 2.29. The van der Waals surface area contributed by atoms with E-state index in [1.165, 1.54) is 0 Å². The average Bonchev–Trinajstić information content (AvgIpc) is 2.26. The molecule has 0 unspecified atom stereocenters. The predicted molar refractivity (Wildman–Crippen MR) is 70.2 cm³/mol. The van der Waals surface area contributed by atoms with Crippen molar-refractivity contribution in [2.45, 2.75) is 31.2 Å². The molecule has 1 aromatic carbocycles. The molecule has 1 saturated carbocycles. The Kier molecular flexibility index (Phi) is 3.71. The molecule has 2 N–H and O–H groups in total. The second-order valence-electron chi connectivity index (χ2n) is 4.59. The van der Waals surface area contributed by atoms with Crippen LogP contribution in [0.4, 0.5) is 0 Å². The first-order chi connectivity index (χ1) is 8.52. The van der Waals surface area contributed by atoms with E-state index in [4.69, 9.17) is 5.11 Å². The highest BCUT2D eigenvalue weighted by molar-refractivity contribution is 9.10. The highest BCUT2D eigenvalue weighted by Crippen LogP contribution is 2.32. The Balaban J connectivity index is 1.96. The molecule has 96 valence electrons. The van der Waals surface area contributed by atoms with Crippen LogP contribution in [0.15, 0.2) is 28.7 Å². The minimum absolute atomic E-state index is 0.211. The lowest BCUT2D eigenvalue weighted by Crippen LogP contribution is -2.59. The number of aliphatic carboxylic acids is 1. The van der Waals surface area contributed by atoms with Gasteiger partial charge in [0.05, 0.1) is 6.42 Å². The molecule has 4 nitrogen and oxygen atoms in total. The van der Waals surface area contributed by atoms with Gasteiger partial charge >= 0.3 is 5.97 Å². The molecule has 0 spiro atoms. The smallest absolute Gasteiger partial charge is 0.329 e. The SMILES string of the molecule is O=C(Cc1ccc(Br)cc1)NC1(C(=O)O)CCC1. The predicted octanol–water partition coefficient (Wildman–Crippen LogP) is 2.12. The van der Waals surface area contributed by atoms with Gasteiger partial charge in [-0.1, -0.05) is 28.1 Å². The number of nitrogens with one attached hydrogen (secondary N) is 1. The van der Waals surface area contributed by atoms with Crippen molar-refractivity contribution in [3.63, 3.8) is 0 Å². The van der Waals surface area contributed by atoms with Crippen LogP contribution >= 0.6 is 15.9 Å². The van der Waals surface area contributed by atoms with Gasteiger partial charge in [0, 0.05) is 4.47 Å². The summed E-state index contributed by atoms with van der Waals surface area (Å²) in [5.74, 6) is -1.17. The van der Waals surface area contributed by atoms with E-state index < -0.39 is 11.5 Å². The highest BCUT2D eigenvalue weighted by atomic mass is 79.9. The molecular formula is C13H14BrNO3. The summed E-state index contributed by atoms with van der Waals surface area (Å²) < 4.78 is 0.952. The minimum Gasteiger partial charge on any atom is -0.480 e. The van der Waals surface area contributed by atoms with Gasteiger partial charge in [-0.3, -0.25) is 4.79 Å². The fourth-order valence-electron chi connectivity index (χ4n) is 2.02. The minimum atomic E-state index is -1.02. The summed E-state index contributed by atoms with van der Waals surface area (Å²) in [4.78, 5) is 22.9. The Morgan fingerprint density at radius 2 is 1.89 bits per heavy atom. The zero-order chi connectivity index (χ0) is 13.2. The number of carbonyl (C=O) groups excluding carboxylic acids is 1. The van der Waals surface area contributed by atoms with E-state index in [1.54, 1.807) is 0 Å². The standard InChI is InChI=1S/C13H14BrNO3/c14-10-4-2-9(3-5-10)8-11(16)15-13(12(17)18)6-1-7-13/h2-5H,1,6-8H2,(H,15,16)(H,17,18). The summed E-state index contributed by atoms with van der Waals surface area (Å²) >= 11 is 3.32. The highest BCUT2D eigenvalue weighted by Gasteiger charge is 2.45. The van der Waals surface area contributed by atoms with Gasteiger partial charge in [-0.25, -0.2) is 4.79 Å². The summed E-state index contributed by atoms with van der Waals surface area (Å²) in [6.07, 6.45) is 2.11. The Labute approximate surface area is 114 Å². The lowest BCUT2D eigenvalue weighted by molar-refractivity contribution is -0.151. The van der Waals surface area contributed by atoms with Crippen LogP contribution in [0, 0.1) is 0 Å². The van der Waals surface area contributed by atoms with E-state index in [1.807, 2.05) is 24.3 Å². The number of carboxylic acid groups (broad SMARTS) is 1. The number of benzene rings is 1. The van der Waals surface area contributed by atoms with Gasteiger partial charge < -0.3 is 10.4 Å². The summed E-state index contributed by atoms with van der Waals surface area (Å²) in [5.41, 5.74) is -0.150. The van der Waals surface area contributed by atoms with Gasteiger partial charge in [0.15, 0.2) is 0 Å². The van der Waals surface area contributed by atoms with Crippen LogP contribution < -0.4 is 5.32 Å². The molecule has 0 saturated heterocycles. The first kappa shape index (κ1) is 13.1. The summed E-state index contributed by atoms with van der Waals surface area (Å²) in [6, 6.07) is 7.41. The maximum absolute atomic E-state index is 11.8. The van der Waals surface area contributed by atoms with Gasteiger partial charge in [-0.05, 0) is 37.0 Å². The molecule has 1 amide bonds. The van der Waals surface area contributed by atoms with Crippen LogP contribution in [0.25, 0.3) is 0 Å². The van der Waals surface area contributed by atoms with Crippen LogP contribution in [0.3, 0.4) is 0 Å². The van der Waals surface area contributed by atoms with Crippen molar-refractivity contribution in [2.75, 3.05) is 0 Å².